The number of aryl methyl sites for hydroxylation is 3. The minimum Gasteiger partial charge on any atom is -0.478 e. The first kappa shape index (κ1) is 54.6. The second-order valence-corrected chi connectivity index (χ2v) is 19.3. The Morgan fingerprint density at radius 2 is 0.886 bits per heavy atom. The number of carboxylic acid groups (broad SMARTS) is 1. The summed E-state index contributed by atoms with van der Waals surface area (Å²) in [6.45, 7) is 0.668. The van der Waals surface area contributed by atoms with Gasteiger partial charge in [-0.25, -0.2) is 4.79 Å². The van der Waals surface area contributed by atoms with Crippen molar-refractivity contribution in [3.8, 4) is 34.5 Å². The van der Waals surface area contributed by atoms with Gasteiger partial charge in [0.1, 0.15) is 41.2 Å². The fourth-order valence-corrected chi connectivity index (χ4v) is 9.66. The van der Waals surface area contributed by atoms with E-state index in [1.807, 2.05) is 0 Å². The fourth-order valence-electron chi connectivity index (χ4n) is 9.66. The molecule has 1 fully saturated rings. The number of aromatic nitrogens is 1. The highest BCUT2D eigenvalue weighted by Crippen LogP contribution is 2.37. The number of amides is 2. The molecule has 0 radical (unpaired) electrons. The Morgan fingerprint density at radius 3 is 1.42 bits per heavy atom. The van der Waals surface area contributed by atoms with Gasteiger partial charge in [-0.05, 0) is 94.2 Å². The van der Waals surface area contributed by atoms with Crippen LogP contribution in [0.15, 0.2) is 82.2 Å². The standard InChI is InChI=1S/C17H16N2O4.C17H15NO5.C10H10O4.C7H7NO2.C7H10O2/c20-13-4-2-1-3-12-16(13)11(8-18-12)17(21)19-10-5-6-14-15(7-10)23-9-22-14;19-12-3-1-2-4-14-16(12)11(8-21-14)17(20)18-10-5-6-13-15(7-10)23-9-22-13;11-7-3-1-2-4-8-9(7)6(5-14-8)10(12)13;8-5-1-2-6-7(3-5)10-4-9-6;8-6-3-1-2-4-7(9)5-6/h5-8,18H,1-4,9H2,(H,19,21);5-8H,1-4,9H2,(H,18,20);5H,1-4H2,(H,12,13);1-3H,4,8H2;1-5H2. The summed E-state index contributed by atoms with van der Waals surface area (Å²) in [5, 5.41) is 14.4. The number of nitrogen functional groups attached to an aromatic ring is 1. The first-order chi connectivity index (χ1) is 38.3. The van der Waals surface area contributed by atoms with Gasteiger partial charge in [0.25, 0.3) is 11.8 Å². The number of fused-ring (bicyclic) bond motifs is 6. The molecule has 6 aromatic rings. The number of nitrogens with one attached hydrogen (secondary N) is 3. The van der Waals surface area contributed by atoms with Crippen LogP contribution in [0.5, 0.6) is 34.5 Å². The monoisotopic (exact) mass is 1080 g/mol. The normalized spacial score (nSPS) is 16.3. The van der Waals surface area contributed by atoms with Gasteiger partial charge in [-0.2, -0.15) is 0 Å². The number of benzene rings is 3. The molecule has 21 nitrogen and oxygen atoms in total. The summed E-state index contributed by atoms with van der Waals surface area (Å²) in [5.74, 6) is 3.56. The number of nitrogens with two attached hydrogens (primary N) is 1. The van der Waals surface area contributed by atoms with Gasteiger partial charge in [-0.1, -0.05) is 0 Å². The Hall–Kier alpha value is -9.14. The molecular formula is C58H58N4O17. The zero-order chi connectivity index (χ0) is 55.4. The molecule has 13 rings (SSSR count). The molecule has 412 valence electrons. The minimum absolute atomic E-state index is 0.00639. The molecule has 2 amide bonds. The number of hydrogen-bond donors (Lipinski definition) is 5. The van der Waals surface area contributed by atoms with Crippen LogP contribution in [0.2, 0.25) is 0 Å². The van der Waals surface area contributed by atoms with Gasteiger partial charge >= 0.3 is 5.97 Å². The third-order valence-electron chi connectivity index (χ3n) is 13.7. The predicted octanol–water partition coefficient (Wildman–Crippen LogP) is 10.0. The number of anilines is 3. The van der Waals surface area contributed by atoms with Crippen LogP contribution in [0, 0.1) is 0 Å². The van der Waals surface area contributed by atoms with E-state index in [9.17, 15) is 38.4 Å². The van der Waals surface area contributed by atoms with Crippen molar-refractivity contribution in [3.05, 3.63) is 124 Å². The average molecular weight is 1080 g/mol. The molecule has 7 aliphatic rings. The highest BCUT2D eigenvalue weighted by molar-refractivity contribution is 6.14. The SMILES string of the molecule is Nc1ccc2c(c1)OCO2.O=C(Nc1ccc2c(c1)OCO2)c1c[nH]c2c1C(=O)CCCC2.O=C(Nc1ccc2c(c1)OCO2)c1coc2c1C(=O)CCCC2.O=C(O)c1coc2c1C(=O)CCCC2.O=C1CCCCC(=O)C1. The molecule has 0 atom stereocenters. The van der Waals surface area contributed by atoms with Gasteiger partial charge < -0.3 is 63.7 Å². The summed E-state index contributed by atoms with van der Waals surface area (Å²) in [6.07, 6.45) is 16.2. The Labute approximate surface area is 452 Å². The zero-order valence-electron chi connectivity index (χ0n) is 43.1. The number of rotatable bonds is 5. The number of hydrogen-bond acceptors (Lipinski definition) is 17. The van der Waals surface area contributed by atoms with E-state index in [1.165, 1.54) is 6.26 Å². The molecule has 3 aliphatic heterocycles. The quantitative estimate of drug-likeness (QED) is 0.0464. The highest BCUT2D eigenvalue weighted by atomic mass is 16.7. The number of ketones is 5. The van der Waals surface area contributed by atoms with Crippen molar-refractivity contribution in [3.63, 3.8) is 0 Å². The maximum Gasteiger partial charge on any atom is 0.339 e. The van der Waals surface area contributed by atoms with E-state index in [2.05, 4.69) is 15.6 Å². The first-order valence-electron chi connectivity index (χ1n) is 26.1. The van der Waals surface area contributed by atoms with Crippen LogP contribution >= 0.6 is 0 Å². The molecule has 6 heterocycles. The van der Waals surface area contributed by atoms with Crippen molar-refractivity contribution < 1.29 is 80.7 Å². The lowest BCUT2D eigenvalue weighted by Gasteiger charge is -2.07. The maximum atomic E-state index is 12.5. The van der Waals surface area contributed by atoms with Crippen molar-refractivity contribution in [2.75, 3.05) is 36.7 Å². The molecule has 3 aromatic heterocycles. The fraction of sp³-hybridized carbons (Fsp3) is 0.345. The van der Waals surface area contributed by atoms with E-state index in [0.717, 1.165) is 81.2 Å². The molecule has 1 saturated carbocycles. The molecule has 79 heavy (non-hydrogen) atoms. The third kappa shape index (κ3) is 13.5. The molecule has 21 heteroatoms. The lowest BCUT2D eigenvalue weighted by atomic mass is 10.0. The van der Waals surface area contributed by atoms with E-state index in [0.29, 0.717) is 126 Å². The van der Waals surface area contributed by atoms with E-state index in [1.54, 1.807) is 60.8 Å². The van der Waals surface area contributed by atoms with Gasteiger partial charge in [0.05, 0.1) is 34.2 Å². The number of carbonyl (C=O) groups is 8. The number of carboxylic acids is 1. The predicted molar refractivity (Wildman–Crippen MR) is 282 cm³/mol. The summed E-state index contributed by atoms with van der Waals surface area (Å²) in [5.41, 5.74) is 10.2. The van der Waals surface area contributed by atoms with Crippen LogP contribution in [0.4, 0.5) is 17.1 Å². The number of carbonyl (C=O) groups excluding carboxylic acids is 7. The minimum atomic E-state index is -1.09. The lowest BCUT2D eigenvalue weighted by Crippen LogP contribution is -2.15. The highest BCUT2D eigenvalue weighted by Gasteiger charge is 2.29. The van der Waals surface area contributed by atoms with Crippen LogP contribution in [-0.4, -0.2) is 77.2 Å². The molecule has 0 bridgehead atoms. The number of aromatic amines is 1. The van der Waals surface area contributed by atoms with E-state index in [-0.39, 0.29) is 71.9 Å². The Bertz CT molecular complexity index is 3160. The summed E-state index contributed by atoms with van der Waals surface area (Å²) >= 11 is 0. The van der Waals surface area contributed by atoms with Crippen LogP contribution < -0.4 is 44.8 Å². The lowest BCUT2D eigenvalue weighted by molar-refractivity contribution is -0.126. The van der Waals surface area contributed by atoms with Gasteiger partial charge in [0.2, 0.25) is 20.4 Å². The van der Waals surface area contributed by atoms with Crippen LogP contribution in [0.25, 0.3) is 0 Å². The number of aromatic carboxylic acids is 1. The largest absolute Gasteiger partial charge is 0.478 e. The van der Waals surface area contributed by atoms with E-state index < -0.39 is 5.97 Å². The Morgan fingerprint density at radius 1 is 0.468 bits per heavy atom. The van der Waals surface area contributed by atoms with Gasteiger partial charge in [-0.3, -0.25) is 33.6 Å². The third-order valence-corrected chi connectivity index (χ3v) is 13.7. The summed E-state index contributed by atoms with van der Waals surface area (Å²) in [7, 11) is 0. The molecule has 0 unspecified atom stereocenters. The van der Waals surface area contributed by atoms with Crippen molar-refractivity contribution >= 4 is 63.8 Å². The Balaban J connectivity index is 0.000000126. The van der Waals surface area contributed by atoms with Gasteiger partial charge in [0.15, 0.2) is 51.8 Å². The van der Waals surface area contributed by atoms with Crippen molar-refractivity contribution in [1.82, 2.24) is 4.98 Å². The van der Waals surface area contributed by atoms with E-state index in [4.69, 9.17) is 48.1 Å². The van der Waals surface area contributed by atoms with Crippen LogP contribution in [0.3, 0.4) is 0 Å². The average Bonchev–Trinajstić information content (AvgIpc) is 4.35. The molecule has 3 aromatic carbocycles. The molecule has 4 aliphatic carbocycles. The smallest absolute Gasteiger partial charge is 0.339 e. The summed E-state index contributed by atoms with van der Waals surface area (Å²) in [4.78, 5) is 96.3. The molecular weight excluding hydrogens is 1020 g/mol. The first-order valence-corrected chi connectivity index (χ1v) is 26.1. The van der Waals surface area contributed by atoms with Crippen LogP contribution in [0.1, 0.15) is 169 Å². The zero-order valence-corrected chi connectivity index (χ0v) is 43.1. The number of furan rings is 2. The summed E-state index contributed by atoms with van der Waals surface area (Å²) < 4.78 is 41.8. The summed E-state index contributed by atoms with van der Waals surface area (Å²) in [6, 6.07) is 15.7. The van der Waals surface area contributed by atoms with Crippen molar-refractivity contribution in [2.45, 2.75) is 109 Å². The second kappa shape index (κ2) is 25.3. The number of H-pyrrole nitrogens is 1. The number of ether oxygens (including phenoxy) is 6. The van der Waals surface area contributed by atoms with Crippen molar-refractivity contribution in [1.29, 1.82) is 0 Å². The Kier molecular flexibility index (Phi) is 17.5. The van der Waals surface area contributed by atoms with E-state index >= 15 is 0 Å². The van der Waals surface area contributed by atoms with Gasteiger partial charge in [0, 0.05) is 92.1 Å². The molecule has 0 spiro atoms. The topological polar surface area (TPSA) is 304 Å². The second-order valence-electron chi connectivity index (χ2n) is 19.3. The van der Waals surface area contributed by atoms with Crippen molar-refractivity contribution in [2.24, 2.45) is 0 Å². The van der Waals surface area contributed by atoms with Gasteiger partial charge in [-0.15, -0.1) is 0 Å². The molecule has 0 saturated heterocycles. The van der Waals surface area contributed by atoms with Crippen LogP contribution in [-0.2, 0) is 28.9 Å². The molecule has 6 N–H and O–H groups in total. The maximum absolute atomic E-state index is 12.5. The number of Topliss-reactive ketones (excluding diaryl/α,β-unsaturated/α-hetero) is 5.